The van der Waals surface area contributed by atoms with Gasteiger partial charge in [0.05, 0.1) is 13.2 Å². The SMILES string of the molecule is C=CC(=O)OCCc1cc(-c2ccc(CCc3ccccc3)cc2)ccc1OCCO. The summed E-state index contributed by atoms with van der Waals surface area (Å²) in [6.07, 6.45) is 3.69. The van der Waals surface area contributed by atoms with Gasteiger partial charge in [-0.2, -0.15) is 0 Å². The van der Waals surface area contributed by atoms with Crippen molar-refractivity contribution in [2.24, 2.45) is 0 Å². The molecule has 0 saturated heterocycles. The van der Waals surface area contributed by atoms with Crippen LogP contribution in [0.4, 0.5) is 0 Å². The Kier molecular flexibility index (Phi) is 8.44. The van der Waals surface area contributed by atoms with E-state index in [0.29, 0.717) is 12.2 Å². The summed E-state index contributed by atoms with van der Waals surface area (Å²) in [6.45, 7) is 3.81. The van der Waals surface area contributed by atoms with Gasteiger partial charge in [-0.3, -0.25) is 0 Å². The van der Waals surface area contributed by atoms with Crippen LogP contribution in [0.3, 0.4) is 0 Å². The molecule has 31 heavy (non-hydrogen) atoms. The molecule has 0 aliphatic heterocycles. The van der Waals surface area contributed by atoms with Crippen LogP contribution >= 0.6 is 0 Å². The van der Waals surface area contributed by atoms with Gasteiger partial charge in [0.2, 0.25) is 0 Å². The monoisotopic (exact) mass is 416 g/mol. The van der Waals surface area contributed by atoms with Gasteiger partial charge >= 0.3 is 5.97 Å². The molecule has 0 aromatic heterocycles. The third-order valence-electron chi connectivity index (χ3n) is 5.02. The Balaban J connectivity index is 1.70. The molecule has 0 aliphatic carbocycles. The fraction of sp³-hybridized carbons (Fsp3) is 0.222. The van der Waals surface area contributed by atoms with Crippen LogP contribution in [0.2, 0.25) is 0 Å². The molecular formula is C27H28O4. The number of aryl methyl sites for hydroxylation is 2. The number of benzene rings is 3. The number of hydrogen-bond donors (Lipinski definition) is 1. The van der Waals surface area contributed by atoms with Gasteiger partial charge in [0.15, 0.2) is 0 Å². The Morgan fingerprint density at radius 3 is 2.19 bits per heavy atom. The Morgan fingerprint density at radius 1 is 0.839 bits per heavy atom. The number of aliphatic hydroxyl groups excluding tert-OH is 1. The Morgan fingerprint density at radius 2 is 1.52 bits per heavy atom. The van der Waals surface area contributed by atoms with Crippen LogP contribution in [-0.2, 0) is 28.8 Å². The Labute approximate surface area is 183 Å². The zero-order valence-electron chi connectivity index (χ0n) is 17.6. The zero-order chi connectivity index (χ0) is 21.9. The van der Waals surface area contributed by atoms with Gasteiger partial charge in [0.1, 0.15) is 12.4 Å². The van der Waals surface area contributed by atoms with E-state index in [0.717, 1.165) is 35.6 Å². The minimum absolute atomic E-state index is 0.0584. The smallest absolute Gasteiger partial charge is 0.330 e. The van der Waals surface area contributed by atoms with Crippen LogP contribution in [0.25, 0.3) is 11.1 Å². The van der Waals surface area contributed by atoms with Crippen molar-refractivity contribution in [2.45, 2.75) is 19.3 Å². The Hall–Kier alpha value is -3.37. The first-order chi connectivity index (χ1) is 15.2. The number of ether oxygens (including phenoxy) is 2. The van der Waals surface area contributed by atoms with Crippen LogP contribution < -0.4 is 4.74 Å². The van der Waals surface area contributed by atoms with Gasteiger partial charge in [-0.05, 0) is 52.8 Å². The van der Waals surface area contributed by atoms with Gasteiger partial charge in [-0.15, -0.1) is 0 Å². The molecule has 4 nitrogen and oxygen atoms in total. The summed E-state index contributed by atoms with van der Waals surface area (Å²) >= 11 is 0. The zero-order valence-corrected chi connectivity index (χ0v) is 17.6. The minimum atomic E-state index is -0.444. The lowest BCUT2D eigenvalue weighted by atomic mass is 9.98. The van der Waals surface area contributed by atoms with E-state index >= 15 is 0 Å². The van der Waals surface area contributed by atoms with E-state index in [-0.39, 0.29) is 19.8 Å². The number of aliphatic hydroxyl groups is 1. The maximum atomic E-state index is 11.3. The van der Waals surface area contributed by atoms with Crippen molar-refractivity contribution in [3.63, 3.8) is 0 Å². The second-order valence-corrected chi connectivity index (χ2v) is 7.20. The van der Waals surface area contributed by atoms with Gasteiger partial charge in [-0.25, -0.2) is 4.79 Å². The van der Waals surface area contributed by atoms with Crippen molar-refractivity contribution in [3.05, 3.63) is 102 Å². The highest BCUT2D eigenvalue weighted by atomic mass is 16.5. The van der Waals surface area contributed by atoms with Gasteiger partial charge in [-0.1, -0.05) is 67.2 Å². The van der Waals surface area contributed by atoms with E-state index < -0.39 is 5.97 Å². The van der Waals surface area contributed by atoms with Crippen molar-refractivity contribution < 1.29 is 19.4 Å². The third kappa shape index (κ3) is 6.83. The predicted molar refractivity (Wildman–Crippen MR) is 123 cm³/mol. The molecule has 4 heteroatoms. The predicted octanol–water partition coefficient (Wildman–Crippen LogP) is 4.78. The molecule has 0 radical (unpaired) electrons. The first-order valence-corrected chi connectivity index (χ1v) is 10.5. The molecule has 0 heterocycles. The standard InChI is InChI=1S/C27H28O4/c1-2-27(29)31-18-16-25-20-24(14-15-26(25)30-19-17-28)23-12-10-22(11-13-23)9-8-21-6-4-3-5-7-21/h2-7,10-15,20,28H,1,8-9,16-19H2. The average Bonchev–Trinajstić information content (AvgIpc) is 2.82. The van der Waals surface area contributed by atoms with E-state index in [1.807, 2.05) is 24.3 Å². The molecule has 0 amide bonds. The fourth-order valence-electron chi connectivity index (χ4n) is 3.37. The normalized spacial score (nSPS) is 10.5. The third-order valence-corrected chi connectivity index (χ3v) is 5.02. The van der Waals surface area contributed by atoms with Crippen molar-refractivity contribution in [3.8, 4) is 16.9 Å². The van der Waals surface area contributed by atoms with Crippen molar-refractivity contribution in [1.82, 2.24) is 0 Å². The maximum Gasteiger partial charge on any atom is 0.330 e. The van der Waals surface area contributed by atoms with E-state index in [9.17, 15) is 4.79 Å². The second-order valence-electron chi connectivity index (χ2n) is 7.20. The lowest BCUT2D eigenvalue weighted by molar-refractivity contribution is -0.137. The summed E-state index contributed by atoms with van der Waals surface area (Å²) < 4.78 is 10.8. The molecule has 0 atom stereocenters. The minimum Gasteiger partial charge on any atom is -0.491 e. The summed E-state index contributed by atoms with van der Waals surface area (Å²) in [6, 6.07) is 25.0. The lowest BCUT2D eigenvalue weighted by Gasteiger charge is -2.13. The molecular weight excluding hydrogens is 388 g/mol. The number of carbonyl (C=O) groups excluding carboxylic acids is 1. The number of hydrogen-bond acceptors (Lipinski definition) is 4. The van der Waals surface area contributed by atoms with Gasteiger partial charge < -0.3 is 14.6 Å². The molecule has 0 fully saturated rings. The molecule has 3 aromatic rings. The van der Waals surface area contributed by atoms with E-state index in [2.05, 4.69) is 55.1 Å². The van der Waals surface area contributed by atoms with Crippen molar-refractivity contribution >= 4 is 5.97 Å². The topological polar surface area (TPSA) is 55.8 Å². The van der Waals surface area contributed by atoms with Crippen LogP contribution in [0.15, 0.2) is 85.5 Å². The molecule has 160 valence electrons. The molecule has 3 aromatic carbocycles. The summed E-state index contributed by atoms with van der Waals surface area (Å²) in [4.78, 5) is 11.3. The highest BCUT2D eigenvalue weighted by molar-refractivity contribution is 5.81. The largest absolute Gasteiger partial charge is 0.491 e. The quantitative estimate of drug-likeness (QED) is 0.361. The average molecular weight is 417 g/mol. The molecule has 0 bridgehead atoms. The molecule has 0 unspecified atom stereocenters. The number of rotatable bonds is 11. The second kappa shape index (κ2) is 11.7. The highest BCUT2D eigenvalue weighted by Gasteiger charge is 2.09. The fourth-order valence-corrected chi connectivity index (χ4v) is 3.37. The van der Waals surface area contributed by atoms with Gasteiger partial charge in [0, 0.05) is 12.5 Å². The first kappa shape index (κ1) is 22.3. The van der Waals surface area contributed by atoms with Crippen molar-refractivity contribution in [1.29, 1.82) is 0 Å². The van der Waals surface area contributed by atoms with Gasteiger partial charge in [0.25, 0.3) is 0 Å². The lowest BCUT2D eigenvalue weighted by Crippen LogP contribution is -2.08. The molecule has 0 aliphatic rings. The van der Waals surface area contributed by atoms with Crippen LogP contribution in [0.5, 0.6) is 5.75 Å². The summed E-state index contributed by atoms with van der Waals surface area (Å²) in [5.74, 6) is 0.243. The Bertz CT molecular complexity index is 978. The molecule has 1 N–H and O–H groups in total. The van der Waals surface area contributed by atoms with Crippen LogP contribution in [0.1, 0.15) is 16.7 Å². The van der Waals surface area contributed by atoms with E-state index in [1.54, 1.807) is 0 Å². The van der Waals surface area contributed by atoms with E-state index in [4.69, 9.17) is 14.6 Å². The summed E-state index contributed by atoms with van der Waals surface area (Å²) in [5.41, 5.74) is 5.74. The van der Waals surface area contributed by atoms with Crippen LogP contribution in [0, 0.1) is 0 Å². The number of carbonyl (C=O) groups is 1. The molecule has 3 rings (SSSR count). The highest BCUT2D eigenvalue weighted by Crippen LogP contribution is 2.28. The summed E-state index contributed by atoms with van der Waals surface area (Å²) in [5, 5.41) is 9.07. The van der Waals surface area contributed by atoms with Crippen molar-refractivity contribution in [2.75, 3.05) is 19.8 Å². The molecule has 0 saturated carbocycles. The molecule has 0 spiro atoms. The number of esters is 1. The first-order valence-electron chi connectivity index (χ1n) is 10.5. The summed E-state index contributed by atoms with van der Waals surface area (Å²) in [7, 11) is 0. The van der Waals surface area contributed by atoms with Crippen LogP contribution in [-0.4, -0.2) is 30.9 Å². The van der Waals surface area contributed by atoms with E-state index in [1.165, 1.54) is 11.1 Å². The maximum absolute atomic E-state index is 11.3.